The zero-order chi connectivity index (χ0) is 14.2. The van der Waals surface area contributed by atoms with Gasteiger partial charge in [0.15, 0.2) is 5.82 Å². The Hall–Kier alpha value is -2.89. The molecule has 4 aromatic heterocycles. The van der Waals surface area contributed by atoms with Gasteiger partial charge in [0, 0.05) is 30.9 Å². The van der Waals surface area contributed by atoms with Crippen molar-refractivity contribution in [1.82, 2.24) is 24.3 Å². The molecular weight excluding hydrogens is 266 g/mol. The molecule has 4 heterocycles. The Bertz CT molecular complexity index is 901. The molecule has 0 spiro atoms. The van der Waals surface area contributed by atoms with Gasteiger partial charge in [0.05, 0.1) is 17.8 Å². The summed E-state index contributed by atoms with van der Waals surface area (Å²) in [5.74, 6) is 1.45. The molecule has 0 radical (unpaired) electrons. The van der Waals surface area contributed by atoms with E-state index in [0.29, 0.717) is 12.3 Å². The van der Waals surface area contributed by atoms with Gasteiger partial charge in [-0.1, -0.05) is 11.2 Å². The topological polar surface area (TPSA) is 61.2 Å². The maximum Gasteiger partial charge on any atom is 0.202 e. The summed E-state index contributed by atoms with van der Waals surface area (Å²) in [6, 6.07) is 7.97. The standard InChI is InChI=1S/C15H13N5O/c1-11-9-14(21-18-11)15-16-6-8-19(15)10-12-3-2-7-20-13(12)4-5-17-20/h2-9H,10H2,1H3. The van der Waals surface area contributed by atoms with Crippen molar-refractivity contribution in [2.24, 2.45) is 0 Å². The van der Waals surface area contributed by atoms with Crippen LogP contribution in [0.3, 0.4) is 0 Å². The van der Waals surface area contributed by atoms with E-state index in [0.717, 1.165) is 17.0 Å². The summed E-state index contributed by atoms with van der Waals surface area (Å²) in [5.41, 5.74) is 3.11. The van der Waals surface area contributed by atoms with Gasteiger partial charge in [0.2, 0.25) is 5.76 Å². The Kier molecular flexibility index (Phi) is 2.60. The fourth-order valence-corrected chi connectivity index (χ4v) is 2.46. The van der Waals surface area contributed by atoms with Gasteiger partial charge in [-0.3, -0.25) is 0 Å². The number of aromatic nitrogens is 5. The Balaban J connectivity index is 1.75. The average molecular weight is 279 g/mol. The minimum Gasteiger partial charge on any atom is -0.353 e. The van der Waals surface area contributed by atoms with Crippen LogP contribution in [0.15, 0.2) is 53.6 Å². The van der Waals surface area contributed by atoms with Gasteiger partial charge in [-0.15, -0.1) is 0 Å². The average Bonchev–Trinajstić information content (AvgIpc) is 3.18. The van der Waals surface area contributed by atoms with Crippen molar-refractivity contribution in [2.45, 2.75) is 13.5 Å². The van der Waals surface area contributed by atoms with Crippen LogP contribution in [0.25, 0.3) is 17.1 Å². The van der Waals surface area contributed by atoms with Gasteiger partial charge in [0.1, 0.15) is 0 Å². The molecule has 4 aromatic rings. The monoisotopic (exact) mass is 279 g/mol. The van der Waals surface area contributed by atoms with Crippen molar-refractivity contribution >= 4 is 5.52 Å². The summed E-state index contributed by atoms with van der Waals surface area (Å²) >= 11 is 0. The lowest BCUT2D eigenvalue weighted by molar-refractivity contribution is 0.423. The molecule has 0 saturated carbocycles. The minimum atomic E-state index is 0.679. The fraction of sp³-hybridized carbons (Fsp3) is 0.133. The van der Waals surface area contributed by atoms with E-state index >= 15 is 0 Å². The highest BCUT2D eigenvalue weighted by molar-refractivity contribution is 5.54. The molecule has 0 aliphatic carbocycles. The van der Waals surface area contributed by atoms with Crippen LogP contribution in [0.2, 0.25) is 0 Å². The normalized spacial score (nSPS) is 11.3. The van der Waals surface area contributed by atoms with Gasteiger partial charge < -0.3 is 9.09 Å². The second-order valence-electron chi connectivity index (χ2n) is 4.91. The maximum absolute atomic E-state index is 5.31. The molecule has 6 heteroatoms. The summed E-state index contributed by atoms with van der Waals surface area (Å²) in [6.45, 7) is 2.60. The van der Waals surface area contributed by atoms with Gasteiger partial charge in [-0.2, -0.15) is 5.10 Å². The number of pyridine rings is 1. The van der Waals surface area contributed by atoms with Gasteiger partial charge in [0.25, 0.3) is 0 Å². The van der Waals surface area contributed by atoms with E-state index < -0.39 is 0 Å². The molecule has 0 aliphatic rings. The van der Waals surface area contributed by atoms with Gasteiger partial charge in [-0.25, -0.2) is 9.50 Å². The largest absolute Gasteiger partial charge is 0.353 e. The second kappa shape index (κ2) is 4.59. The Morgan fingerprint density at radius 2 is 2.14 bits per heavy atom. The fourth-order valence-electron chi connectivity index (χ4n) is 2.46. The Labute approximate surface area is 120 Å². The number of hydrogen-bond donors (Lipinski definition) is 0. The molecule has 6 nitrogen and oxygen atoms in total. The van der Waals surface area contributed by atoms with Crippen LogP contribution in [0.5, 0.6) is 0 Å². The molecule has 0 bridgehead atoms. The van der Waals surface area contributed by atoms with E-state index in [1.807, 2.05) is 46.6 Å². The number of rotatable bonds is 3. The predicted molar refractivity (Wildman–Crippen MR) is 76.8 cm³/mol. The molecule has 0 amide bonds. The molecule has 0 unspecified atom stereocenters. The van der Waals surface area contributed by atoms with Crippen molar-refractivity contribution < 1.29 is 4.52 Å². The third-order valence-corrected chi connectivity index (χ3v) is 3.43. The minimum absolute atomic E-state index is 0.679. The SMILES string of the molecule is Cc1cc(-c2nccn2Cc2cccn3nccc23)on1. The van der Waals surface area contributed by atoms with Crippen LogP contribution in [-0.2, 0) is 6.54 Å². The molecule has 0 aliphatic heterocycles. The number of imidazole rings is 1. The van der Waals surface area contributed by atoms with E-state index in [9.17, 15) is 0 Å². The molecular formula is C15H13N5O. The number of aryl methyl sites for hydroxylation is 1. The van der Waals surface area contributed by atoms with Crippen molar-refractivity contribution in [3.8, 4) is 11.6 Å². The van der Waals surface area contributed by atoms with Crippen molar-refractivity contribution in [3.63, 3.8) is 0 Å². The van der Waals surface area contributed by atoms with Crippen molar-refractivity contribution in [1.29, 1.82) is 0 Å². The third kappa shape index (κ3) is 2.01. The third-order valence-electron chi connectivity index (χ3n) is 3.43. The molecule has 0 atom stereocenters. The lowest BCUT2D eigenvalue weighted by Crippen LogP contribution is -2.02. The first-order valence-electron chi connectivity index (χ1n) is 6.67. The lowest BCUT2D eigenvalue weighted by Gasteiger charge is -2.07. The number of nitrogens with zero attached hydrogens (tertiary/aromatic N) is 5. The highest BCUT2D eigenvalue weighted by Gasteiger charge is 2.12. The molecule has 104 valence electrons. The van der Waals surface area contributed by atoms with Gasteiger partial charge >= 0.3 is 0 Å². The van der Waals surface area contributed by atoms with E-state index in [1.54, 1.807) is 12.4 Å². The first-order valence-corrected chi connectivity index (χ1v) is 6.67. The van der Waals surface area contributed by atoms with Gasteiger partial charge in [-0.05, 0) is 24.6 Å². The van der Waals surface area contributed by atoms with E-state index in [1.165, 1.54) is 5.56 Å². The first kappa shape index (κ1) is 11.9. The summed E-state index contributed by atoms with van der Waals surface area (Å²) in [7, 11) is 0. The molecule has 0 aromatic carbocycles. The lowest BCUT2D eigenvalue weighted by atomic mass is 10.2. The number of fused-ring (bicyclic) bond motifs is 1. The van der Waals surface area contributed by atoms with Crippen molar-refractivity contribution in [2.75, 3.05) is 0 Å². The first-order chi connectivity index (χ1) is 10.3. The maximum atomic E-state index is 5.31. The van der Waals surface area contributed by atoms with Crippen molar-refractivity contribution in [3.05, 3.63) is 60.3 Å². The van der Waals surface area contributed by atoms with E-state index in [2.05, 4.69) is 21.3 Å². The van der Waals surface area contributed by atoms with Crippen LogP contribution in [-0.4, -0.2) is 24.3 Å². The predicted octanol–water partition coefficient (Wildman–Crippen LogP) is 2.54. The Morgan fingerprint density at radius 1 is 1.19 bits per heavy atom. The molecule has 21 heavy (non-hydrogen) atoms. The Morgan fingerprint density at radius 3 is 3.00 bits per heavy atom. The van der Waals surface area contributed by atoms with E-state index in [-0.39, 0.29) is 0 Å². The summed E-state index contributed by atoms with van der Waals surface area (Å²) in [4.78, 5) is 4.37. The quantitative estimate of drug-likeness (QED) is 0.578. The van der Waals surface area contributed by atoms with Crippen LogP contribution < -0.4 is 0 Å². The summed E-state index contributed by atoms with van der Waals surface area (Å²) < 4.78 is 9.22. The second-order valence-corrected chi connectivity index (χ2v) is 4.91. The zero-order valence-corrected chi connectivity index (χ0v) is 11.5. The van der Waals surface area contributed by atoms with E-state index in [4.69, 9.17) is 4.52 Å². The molecule has 0 fully saturated rings. The number of hydrogen-bond acceptors (Lipinski definition) is 4. The zero-order valence-electron chi connectivity index (χ0n) is 11.5. The molecule has 0 N–H and O–H groups in total. The van der Waals surface area contributed by atoms with Crippen LogP contribution in [0, 0.1) is 6.92 Å². The summed E-state index contributed by atoms with van der Waals surface area (Å²) in [6.07, 6.45) is 7.44. The summed E-state index contributed by atoms with van der Waals surface area (Å²) in [5, 5.41) is 8.18. The smallest absolute Gasteiger partial charge is 0.202 e. The van der Waals surface area contributed by atoms with Crippen LogP contribution in [0.1, 0.15) is 11.3 Å². The highest BCUT2D eigenvalue weighted by atomic mass is 16.5. The van der Waals surface area contributed by atoms with Crippen LogP contribution in [0.4, 0.5) is 0 Å². The molecule has 0 saturated heterocycles. The van der Waals surface area contributed by atoms with Crippen LogP contribution >= 0.6 is 0 Å². The molecule has 4 rings (SSSR count). The highest BCUT2D eigenvalue weighted by Crippen LogP contribution is 2.20.